The maximum atomic E-state index is 12.3. The van der Waals surface area contributed by atoms with Crippen molar-refractivity contribution in [3.8, 4) is 0 Å². The number of halogens is 2. The van der Waals surface area contributed by atoms with Crippen LogP contribution in [0.4, 0.5) is 0 Å². The highest BCUT2D eigenvalue weighted by Gasteiger charge is 2.34. The molecule has 20 heavy (non-hydrogen) atoms. The predicted molar refractivity (Wildman–Crippen MR) is 79.9 cm³/mol. The Morgan fingerprint density at radius 2 is 2.15 bits per heavy atom. The zero-order valence-corrected chi connectivity index (χ0v) is 13.0. The summed E-state index contributed by atoms with van der Waals surface area (Å²) < 4.78 is 1.98. The summed E-state index contributed by atoms with van der Waals surface area (Å²) in [5, 5.41) is 11.9. The van der Waals surface area contributed by atoms with Gasteiger partial charge in [-0.15, -0.1) is 11.3 Å². The number of hydrogen-bond acceptors (Lipinski definition) is 3. The van der Waals surface area contributed by atoms with Crippen LogP contribution in [0.5, 0.6) is 0 Å². The lowest BCUT2D eigenvalue weighted by atomic mass is 9.81. The minimum Gasteiger partial charge on any atom is -0.618 e. The number of fused-ring (bicyclic) bond motifs is 1. The van der Waals surface area contributed by atoms with E-state index < -0.39 is 0 Å². The van der Waals surface area contributed by atoms with Gasteiger partial charge in [-0.2, -0.15) is 4.73 Å². The van der Waals surface area contributed by atoms with E-state index in [1.165, 1.54) is 17.5 Å². The van der Waals surface area contributed by atoms with E-state index in [0.717, 1.165) is 15.9 Å². The highest BCUT2D eigenvalue weighted by molar-refractivity contribution is 7.20. The molecule has 0 spiro atoms. The quantitative estimate of drug-likeness (QED) is 0.588. The summed E-state index contributed by atoms with van der Waals surface area (Å²) in [4.78, 5) is 12.3. The van der Waals surface area contributed by atoms with Gasteiger partial charge >= 0.3 is 0 Å². The van der Waals surface area contributed by atoms with Gasteiger partial charge in [0, 0.05) is 24.8 Å². The number of aromatic nitrogens is 1. The molecule has 0 saturated carbocycles. The van der Waals surface area contributed by atoms with Crippen LogP contribution in [0.15, 0.2) is 18.3 Å². The summed E-state index contributed by atoms with van der Waals surface area (Å²) in [6.07, 6.45) is 2.33. The largest absolute Gasteiger partial charge is 0.618 e. The number of carbonyl (C=O) groups excluding carboxylic acids is 1. The van der Waals surface area contributed by atoms with Gasteiger partial charge in [0.1, 0.15) is 0 Å². The molecule has 2 heterocycles. The summed E-state index contributed by atoms with van der Waals surface area (Å²) in [5.74, 6) is -0.0782. The number of carbonyl (C=O) groups is 1. The monoisotopic (exact) mass is 327 g/mol. The standard InChI is InChI=1S/C14H11Cl2NO2S/c1-7-2-3-17(19)10-4-8(5-11(18)13(7)10)9-6-12(15)20-14(9)16/h2-3,6,8H,4-5H2,1H3. The van der Waals surface area contributed by atoms with E-state index in [1.54, 1.807) is 12.1 Å². The number of Topliss-reactive ketones (excluding diaryl/α,β-unsaturated/α-hetero) is 1. The van der Waals surface area contributed by atoms with Crippen LogP contribution < -0.4 is 4.73 Å². The molecule has 0 amide bonds. The molecule has 104 valence electrons. The molecule has 0 radical (unpaired) electrons. The van der Waals surface area contributed by atoms with Gasteiger partial charge in [-0.05, 0) is 24.1 Å². The lowest BCUT2D eigenvalue weighted by Gasteiger charge is -2.23. The zero-order valence-electron chi connectivity index (χ0n) is 10.7. The van der Waals surface area contributed by atoms with E-state index in [4.69, 9.17) is 23.2 Å². The highest BCUT2D eigenvalue weighted by atomic mass is 35.5. The molecule has 0 fully saturated rings. The first kappa shape index (κ1) is 13.9. The SMILES string of the molecule is Cc1cc[n+]([O-])c2c1C(=O)CC(c1cc(Cl)sc1Cl)C2. The molecule has 2 aromatic heterocycles. The van der Waals surface area contributed by atoms with Gasteiger partial charge in [-0.25, -0.2) is 0 Å². The maximum Gasteiger partial charge on any atom is 0.204 e. The first-order valence-electron chi connectivity index (χ1n) is 6.17. The van der Waals surface area contributed by atoms with E-state index >= 15 is 0 Å². The van der Waals surface area contributed by atoms with Crippen molar-refractivity contribution in [3.63, 3.8) is 0 Å². The molecule has 6 heteroatoms. The van der Waals surface area contributed by atoms with Crippen LogP contribution in [0.3, 0.4) is 0 Å². The first-order chi connectivity index (χ1) is 9.47. The molecule has 0 aromatic carbocycles. The Bertz CT molecular complexity index is 711. The molecule has 1 aliphatic rings. The van der Waals surface area contributed by atoms with E-state index in [2.05, 4.69) is 0 Å². The second kappa shape index (κ2) is 5.02. The van der Waals surface area contributed by atoms with Gasteiger partial charge in [-0.3, -0.25) is 4.79 Å². The van der Waals surface area contributed by atoms with Crippen molar-refractivity contribution in [1.29, 1.82) is 0 Å². The molecule has 0 aliphatic heterocycles. The van der Waals surface area contributed by atoms with Crippen molar-refractivity contribution in [2.45, 2.75) is 25.7 Å². The van der Waals surface area contributed by atoms with Gasteiger partial charge in [-0.1, -0.05) is 23.2 Å². The predicted octanol–water partition coefficient (Wildman–Crippen LogP) is 3.91. The Morgan fingerprint density at radius 1 is 1.40 bits per heavy atom. The van der Waals surface area contributed by atoms with Crippen LogP contribution in [0.2, 0.25) is 8.67 Å². The van der Waals surface area contributed by atoms with Gasteiger partial charge in [0.15, 0.2) is 12.0 Å². The van der Waals surface area contributed by atoms with E-state index in [1.807, 2.05) is 6.92 Å². The lowest BCUT2D eigenvalue weighted by molar-refractivity contribution is -0.614. The van der Waals surface area contributed by atoms with Crippen molar-refractivity contribution in [2.24, 2.45) is 0 Å². The third kappa shape index (κ3) is 2.22. The second-order valence-corrected chi connectivity index (χ2v) is 7.24. The van der Waals surface area contributed by atoms with Gasteiger partial charge < -0.3 is 5.21 Å². The van der Waals surface area contributed by atoms with Gasteiger partial charge in [0.2, 0.25) is 5.69 Å². The average molecular weight is 328 g/mol. The smallest absolute Gasteiger partial charge is 0.204 e. The molecule has 0 bridgehead atoms. The highest BCUT2D eigenvalue weighted by Crippen LogP contribution is 2.41. The third-order valence-electron chi connectivity index (χ3n) is 3.68. The Balaban J connectivity index is 2.07. The Labute approximate surface area is 130 Å². The Morgan fingerprint density at radius 3 is 2.80 bits per heavy atom. The summed E-state index contributed by atoms with van der Waals surface area (Å²) >= 11 is 13.4. The molecule has 1 atom stereocenters. The number of hydrogen-bond donors (Lipinski definition) is 0. The number of nitrogens with zero attached hydrogens (tertiary/aromatic N) is 1. The van der Waals surface area contributed by atoms with Crippen molar-refractivity contribution in [3.05, 3.63) is 54.6 Å². The Hall–Kier alpha value is -1.10. The number of rotatable bonds is 1. The van der Waals surface area contributed by atoms with Crippen molar-refractivity contribution < 1.29 is 9.52 Å². The molecular formula is C14H11Cl2NO2S. The van der Waals surface area contributed by atoms with Crippen LogP contribution in [-0.2, 0) is 6.42 Å². The maximum absolute atomic E-state index is 12.3. The van der Waals surface area contributed by atoms with Crippen LogP contribution >= 0.6 is 34.5 Å². The molecule has 3 nitrogen and oxygen atoms in total. The molecule has 1 aliphatic carbocycles. The molecule has 2 aromatic rings. The van der Waals surface area contributed by atoms with E-state index in [9.17, 15) is 10.0 Å². The number of pyridine rings is 1. The van der Waals surface area contributed by atoms with Crippen molar-refractivity contribution in [1.82, 2.24) is 0 Å². The second-order valence-electron chi connectivity index (χ2n) is 4.95. The minimum absolute atomic E-state index is 0.00246. The zero-order chi connectivity index (χ0) is 14.4. The van der Waals surface area contributed by atoms with Crippen LogP contribution in [-0.4, -0.2) is 5.78 Å². The lowest BCUT2D eigenvalue weighted by Crippen LogP contribution is -2.38. The minimum atomic E-state index is -0.0757. The van der Waals surface area contributed by atoms with Crippen LogP contribution in [0, 0.1) is 12.1 Å². The molecule has 0 saturated heterocycles. The number of thiophene rings is 1. The van der Waals surface area contributed by atoms with Crippen molar-refractivity contribution >= 4 is 40.3 Å². The number of aryl methyl sites for hydroxylation is 1. The van der Waals surface area contributed by atoms with Gasteiger partial charge in [0.05, 0.1) is 14.2 Å². The molecule has 1 unspecified atom stereocenters. The van der Waals surface area contributed by atoms with Crippen LogP contribution in [0.25, 0.3) is 0 Å². The van der Waals surface area contributed by atoms with Crippen molar-refractivity contribution in [2.75, 3.05) is 0 Å². The summed E-state index contributed by atoms with van der Waals surface area (Å²) in [5.41, 5.74) is 2.81. The topological polar surface area (TPSA) is 44.0 Å². The normalized spacial score (nSPS) is 18.1. The summed E-state index contributed by atoms with van der Waals surface area (Å²) in [6, 6.07) is 3.47. The van der Waals surface area contributed by atoms with E-state index in [0.29, 0.717) is 32.8 Å². The van der Waals surface area contributed by atoms with Crippen LogP contribution in [0.1, 0.15) is 39.5 Å². The fourth-order valence-electron chi connectivity index (χ4n) is 2.75. The Kier molecular flexibility index (Phi) is 3.48. The summed E-state index contributed by atoms with van der Waals surface area (Å²) in [7, 11) is 0. The third-order valence-corrected chi connectivity index (χ3v) is 5.20. The fraction of sp³-hybridized carbons (Fsp3) is 0.286. The first-order valence-corrected chi connectivity index (χ1v) is 7.74. The number of ketones is 1. The van der Waals surface area contributed by atoms with Gasteiger partial charge in [0.25, 0.3) is 0 Å². The average Bonchev–Trinajstić information content (AvgIpc) is 2.72. The fourth-order valence-corrected chi connectivity index (χ4v) is 4.37. The summed E-state index contributed by atoms with van der Waals surface area (Å²) in [6.45, 7) is 1.85. The molecule has 3 rings (SSSR count). The molecular weight excluding hydrogens is 317 g/mol. The van der Waals surface area contributed by atoms with E-state index in [-0.39, 0.29) is 11.7 Å². The molecule has 0 N–H and O–H groups in total.